The Kier molecular flexibility index (Phi) is 4.50. The van der Waals surface area contributed by atoms with Crippen molar-refractivity contribution in [3.63, 3.8) is 0 Å². The molecule has 0 radical (unpaired) electrons. The van der Waals surface area contributed by atoms with Crippen LogP contribution in [0.25, 0.3) is 22.0 Å². The van der Waals surface area contributed by atoms with Crippen molar-refractivity contribution in [2.24, 2.45) is 4.99 Å². The molecule has 3 aromatic rings. The van der Waals surface area contributed by atoms with Crippen LogP contribution in [0.1, 0.15) is 17.5 Å². The number of rotatable bonds is 3. The highest BCUT2D eigenvalue weighted by Crippen LogP contribution is 2.31. The van der Waals surface area contributed by atoms with E-state index in [9.17, 15) is 0 Å². The average molecular weight is 370 g/mol. The van der Waals surface area contributed by atoms with Gasteiger partial charge in [0.05, 0.1) is 0 Å². The van der Waals surface area contributed by atoms with Crippen LogP contribution in [0.3, 0.4) is 0 Å². The number of benzene rings is 1. The number of guanidine groups is 1. The van der Waals surface area contributed by atoms with E-state index in [0.29, 0.717) is 0 Å². The van der Waals surface area contributed by atoms with Crippen molar-refractivity contribution in [2.45, 2.75) is 20.3 Å². The third-order valence-electron chi connectivity index (χ3n) is 3.86. The largest absolute Gasteiger partial charge is 0.356 e. The fourth-order valence-corrected chi connectivity index (χ4v) is 4.29. The zero-order valence-electron chi connectivity index (χ0n) is 14.2. The predicted octanol–water partition coefficient (Wildman–Crippen LogP) is 4.31. The first-order chi connectivity index (χ1) is 12.2. The van der Waals surface area contributed by atoms with Gasteiger partial charge in [0.2, 0.25) is 0 Å². The Hall–Kier alpha value is -2.25. The number of aliphatic imine (C=N–C) groups is 1. The highest BCUT2D eigenvalue weighted by molar-refractivity contribution is 7.14. The topological polar surface area (TPSA) is 62.2 Å². The second-order valence-corrected chi connectivity index (χ2v) is 7.80. The highest BCUT2D eigenvalue weighted by atomic mass is 32.1. The molecule has 7 heteroatoms. The number of anilines is 1. The summed E-state index contributed by atoms with van der Waals surface area (Å²) in [7, 11) is 0. The maximum Gasteiger partial charge on any atom is 0.197 e. The van der Waals surface area contributed by atoms with Gasteiger partial charge in [-0.15, -0.1) is 22.7 Å². The summed E-state index contributed by atoms with van der Waals surface area (Å²) in [5.41, 5.74) is 5.50. The van der Waals surface area contributed by atoms with E-state index in [1.807, 2.05) is 5.38 Å². The molecule has 0 atom stereocenters. The van der Waals surface area contributed by atoms with E-state index < -0.39 is 0 Å². The molecule has 5 nitrogen and oxygen atoms in total. The number of hydrogen-bond donors (Lipinski definition) is 2. The van der Waals surface area contributed by atoms with Gasteiger partial charge in [0.25, 0.3) is 0 Å². The molecule has 128 valence electrons. The fourth-order valence-electron chi connectivity index (χ4n) is 2.79. The van der Waals surface area contributed by atoms with Gasteiger partial charge in [-0.05, 0) is 32.4 Å². The Morgan fingerprint density at radius 2 is 1.76 bits per heavy atom. The van der Waals surface area contributed by atoms with Crippen molar-refractivity contribution in [1.29, 1.82) is 0 Å². The predicted molar refractivity (Wildman–Crippen MR) is 107 cm³/mol. The van der Waals surface area contributed by atoms with Gasteiger partial charge in [-0.3, -0.25) is 4.99 Å². The monoisotopic (exact) mass is 369 g/mol. The van der Waals surface area contributed by atoms with Crippen molar-refractivity contribution >= 4 is 33.8 Å². The van der Waals surface area contributed by atoms with Gasteiger partial charge >= 0.3 is 0 Å². The van der Waals surface area contributed by atoms with Crippen LogP contribution in [-0.2, 0) is 0 Å². The lowest BCUT2D eigenvalue weighted by Gasteiger charge is -2.13. The average Bonchev–Trinajstić information content (AvgIpc) is 3.24. The van der Waals surface area contributed by atoms with Crippen LogP contribution >= 0.6 is 22.7 Å². The van der Waals surface area contributed by atoms with E-state index in [1.54, 1.807) is 22.7 Å². The van der Waals surface area contributed by atoms with Crippen molar-refractivity contribution in [1.82, 2.24) is 15.3 Å². The Balaban J connectivity index is 1.55. The number of thiazole rings is 2. The molecule has 25 heavy (non-hydrogen) atoms. The van der Waals surface area contributed by atoms with Gasteiger partial charge in [0.15, 0.2) is 11.1 Å². The molecule has 1 aliphatic rings. The van der Waals surface area contributed by atoms with E-state index in [2.05, 4.69) is 58.0 Å². The molecule has 0 bridgehead atoms. The fraction of sp³-hybridized carbons (Fsp3) is 0.278. The van der Waals surface area contributed by atoms with Crippen LogP contribution in [0.15, 0.2) is 34.0 Å². The lowest BCUT2D eigenvalue weighted by atomic mass is 10.1. The SMILES string of the molecule is Cc1cc(C)cc(-c2nc(-c3csc(NC4=NCCCN4)n3)cs2)c1. The zero-order valence-corrected chi connectivity index (χ0v) is 15.8. The summed E-state index contributed by atoms with van der Waals surface area (Å²) in [4.78, 5) is 13.8. The summed E-state index contributed by atoms with van der Waals surface area (Å²) in [6, 6.07) is 6.53. The third-order valence-corrected chi connectivity index (χ3v) is 5.51. The van der Waals surface area contributed by atoms with Crippen LogP contribution in [0.2, 0.25) is 0 Å². The second kappa shape index (κ2) is 6.93. The van der Waals surface area contributed by atoms with Gasteiger partial charge in [0, 0.05) is 29.4 Å². The van der Waals surface area contributed by atoms with Crippen molar-refractivity contribution < 1.29 is 0 Å². The van der Waals surface area contributed by atoms with Crippen molar-refractivity contribution in [2.75, 3.05) is 18.4 Å². The molecule has 3 heterocycles. The van der Waals surface area contributed by atoms with Crippen LogP contribution in [0.5, 0.6) is 0 Å². The molecule has 2 aromatic heterocycles. The Morgan fingerprint density at radius 3 is 2.52 bits per heavy atom. The van der Waals surface area contributed by atoms with Gasteiger partial charge in [-0.25, -0.2) is 9.97 Å². The molecule has 0 fully saturated rings. The standard InChI is InChI=1S/C18H19N5S2/c1-11-6-12(2)8-13(7-11)16-21-14(9-24-16)15-10-25-18(22-15)23-17-19-4-3-5-20-17/h6-10H,3-5H2,1-2H3,(H2,19,20,22,23). The quantitative estimate of drug-likeness (QED) is 0.722. The Labute approximate surface area is 154 Å². The zero-order chi connectivity index (χ0) is 17.2. The molecule has 1 aromatic carbocycles. The number of nitrogens with zero attached hydrogens (tertiary/aromatic N) is 3. The molecule has 4 rings (SSSR count). The van der Waals surface area contributed by atoms with E-state index >= 15 is 0 Å². The number of aromatic nitrogens is 2. The molecule has 1 aliphatic heterocycles. The first-order valence-electron chi connectivity index (χ1n) is 8.23. The molecule has 0 unspecified atom stereocenters. The lowest BCUT2D eigenvalue weighted by Crippen LogP contribution is -2.35. The third kappa shape index (κ3) is 3.72. The molecular weight excluding hydrogens is 350 g/mol. The van der Waals surface area contributed by atoms with Crippen molar-refractivity contribution in [3.05, 3.63) is 40.1 Å². The summed E-state index contributed by atoms with van der Waals surface area (Å²) in [5.74, 6) is 0.807. The van der Waals surface area contributed by atoms with Gasteiger partial charge in [-0.2, -0.15) is 0 Å². The van der Waals surface area contributed by atoms with E-state index in [1.165, 1.54) is 16.7 Å². The molecule has 0 saturated heterocycles. The summed E-state index contributed by atoms with van der Waals surface area (Å²) >= 11 is 3.23. The lowest BCUT2D eigenvalue weighted by molar-refractivity contribution is 0.740. The Morgan fingerprint density at radius 1 is 1.00 bits per heavy atom. The summed E-state index contributed by atoms with van der Waals surface area (Å²) < 4.78 is 0. The molecule has 0 aliphatic carbocycles. The van der Waals surface area contributed by atoms with Crippen LogP contribution < -0.4 is 10.6 Å². The molecule has 2 N–H and O–H groups in total. The summed E-state index contributed by atoms with van der Waals surface area (Å²) in [6.45, 7) is 6.05. The highest BCUT2D eigenvalue weighted by Gasteiger charge is 2.12. The summed E-state index contributed by atoms with van der Waals surface area (Å²) in [5, 5.41) is 12.5. The molecule has 0 spiro atoms. The normalized spacial score (nSPS) is 14.1. The summed E-state index contributed by atoms with van der Waals surface area (Å²) in [6.07, 6.45) is 1.08. The van der Waals surface area contributed by atoms with Crippen LogP contribution in [0, 0.1) is 13.8 Å². The van der Waals surface area contributed by atoms with Gasteiger partial charge < -0.3 is 10.6 Å². The second-order valence-electron chi connectivity index (χ2n) is 6.09. The molecule has 0 amide bonds. The Bertz CT molecular complexity index is 905. The van der Waals surface area contributed by atoms with Crippen LogP contribution in [0.4, 0.5) is 5.13 Å². The first-order valence-corrected chi connectivity index (χ1v) is 9.99. The van der Waals surface area contributed by atoms with Gasteiger partial charge in [0.1, 0.15) is 16.4 Å². The maximum absolute atomic E-state index is 4.78. The smallest absolute Gasteiger partial charge is 0.197 e. The molecule has 0 saturated carbocycles. The first kappa shape index (κ1) is 16.2. The minimum atomic E-state index is 0.807. The van der Waals surface area contributed by atoms with Crippen LogP contribution in [-0.4, -0.2) is 29.0 Å². The van der Waals surface area contributed by atoms with E-state index in [-0.39, 0.29) is 0 Å². The van der Waals surface area contributed by atoms with Crippen molar-refractivity contribution in [3.8, 4) is 22.0 Å². The number of hydrogen-bond acceptors (Lipinski definition) is 7. The molecular formula is C18H19N5S2. The minimum absolute atomic E-state index is 0.807. The number of aryl methyl sites for hydroxylation is 2. The maximum atomic E-state index is 4.78. The number of nitrogens with one attached hydrogen (secondary N) is 2. The van der Waals surface area contributed by atoms with Gasteiger partial charge in [-0.1, -0.05) is 17.2 Å². The van der Waals surface area contributed by atoms with E-state index in [0.717, 1.165) is 47.0 Å². The minimum Gasteiger partial charge on any atom is -0.356 e. The van der Waals surface area contributed by atoms with E-state index in [4.69, 9.17) is 4.98 Å².